The van der Waals surface area contributed by atoms with Crippen LogP contribution in [0.3, 0.4) is 0 Å². The lowest BCUT2D eigenvalue weighted by Crippen LogP contribution is -2.22. The summed E-state index contributed by atoms with van der Waals surface area (Å²) >= 11 is 6.84. The summed E-state index contributed by atoms with van der Waals surface area (Å²) in [7, 11) is 1.61. The van der Waals surface area contributed by atoms with E-state index in [2.05, 4.69) is 16.0 Å². The molecular formula is C23H23N3O2S2. The molecule has 3 aromatic carbocycles. The molecule has 30 heavy (non-hydrogen) atoms. The predicted molar refractivity (Wildman–Crippen MR) is 130 cm³/mol. The molecule has 0 aliphatic heterocycles. The van der Waals surface area contributed by atoms with Crippen molar-refractivity contribution in [3.05, 3.63) is 78.9 Å². The Kier molecular flexibility index (Phi) is 7.70. The van der Waals surface area contributed by atoms with Gasteiger partial charge in [-0.15, -0.1) is 11.8 Å². The number of hydrogen-bond acceptors (Lipinski definition) is 4. The molecule has 0 heterocycles. The molecular weight excluding hydrogens is 414 g/mol. The van der Waals surface area contributed by atoms with Gasteiger partial charge in [0.1, 0.15) is 5.75 Å². The highest BCUT2D eigenvalue weighted by molar-refractivity contribution is 8.00. The summed E-state index contributed by atoms with van der Waals surface area (Å²) < 4.78 is 5.13. The first-order chi connectivity index (χ1) is 14.5. The molecule has 1 unspecified atom stereocenters. The quantitative estimate of drug-likeness (QED) is 0.329. The van der Waals surface area contributed by atoms with E-state index < -0.39 is 0 Å². The van der Waals surface area contributed by atoms with Gasteiger partial charge in [0.2, 0.25) is 5.91 Å². The summed E-state index contributed by atoms with van der Waals surface area (Å²) in [5.74, 6) is 0.697. The molecule has 0 fully saturated rings. The Morgan fingerprint density at radius 2 is 1.37 bits per heavy atom. The molecule has 0 radical (unpaired) electrons. The molecule has 5 nitrogen and oxygen atoms in total. The summed E-state index contributed by atoms with van der Waals surface area (Å²) in [6, 6.07) is 24.8. The van der Waals surface area contributed by atoms with Gasteiger partial charge >= 0.3 is 0 Å². The van der Waals surface area contributed by atoms with E-state index in [0.717, 1.165) is 27.7 Å². The topological polar surface area (TPSA) is 62.4 Å². The Labute approximate surface area is 186 Å². The van der Waals surface area contributed by atoms with Crippen molar-refractivity contribution in [2.45, 2.75) is 17.1 Å². The van der Waals surface area contributed by atoms with Crippen molar-refractivity contribution >= 4 is 52.1 Å². The van der Waals surface area contributed by atoms with Crippen LogP contribution in [-0.4, -0.2) is 23.4 Å². The van der Waals surface area contributed by atoms with Crippen molar-refractivity contribution in [1.29, 1.82) is 0 Å². The Morgan fingerprint density at radius 1 is 0.833 bits per heavy atom. The van der Waals surface area contributed by atoms with Crippen LogP contribution in [0.15, 0.2) is 83.8 Å². The number of hydrogen-bond donors (Lipinski definition) is 3. The normalized spacial score (nSPS) is 11.3. The van der Waals surface area contributed by atoms with Crippen LogP contribution in [0.4, 0.5) is 17.1 Å². The summed E-state index contributed by atoms with van der Waals surface area (Å²) in [5, 5.41) is 9.49. The molecule has 154 valence electrons. The zero-order chi connectivity index (χ0) is 21.3. The first kappa shape index (κ1) is 21.7. The van der Waals surface area contributed by atoms with E-state index in [1.807, 2.05) is 85.8 Å². The average molecular weight is 438 g/mol. The van der Waals surface area contributed by atoms with Crippen molar-refractivity contribution in [3.63, 3.8) is 0 Å². The fourth-order valence-electron chi connectivity index (χ4n) is 2.61. The molecule has 0 saturated heterocycles. The number of thioether (sulfide) groups is 1. The molecule has 3 aromatic rings. The number of nitrogens with one attached hydrogen (secondary N) is 3. The summed E-state index contributed by atoms with van der Waals surface area (Å²) in [4.78, 5) is 13.5. The van der Waals surface area contributed by atoms with E-state index in [4.69, 9.17) is 17.0 Å². The van der Waals surface area contributed by atoms with Gasteiger partial charge < -0.3 is 20.7 Å². The molecule has 0 saturated carbocycles. The molecule has 3 rings (SSSR count). The van der Waals surface area contributed by atoms with E-state index in [1.165, 1.54) is 11.8 Å². The first-order valence-electron chi connectivity index (χ1n) is 9.38. The predicted octanol–water partition coefficient (Wildman–Crippen LogP) is 5.62. The lowest BCUT2D eigenvalue weighted by Gasteiger charge is -2.13. The van der Waals surface area contributed by atoms with E-state index in [9.17, 15) is 4.79 Å². The van der Waals surface area contributed by atoms with Crippen LogP contribution in [0.2, 0.25) is 0 Å². The molecule has 3 N–H and O–H groups in total. The third-order valence-electron chi connectivity index (χ3n) is 4.18. The minimum atomic E-state index is -0.244. The molecule has 0 aliphatic carbocycles. The van der Waals surface area contributed by atoms with Gasteiger partial charge in [-0.05, 0) is 79.8 Å². The second-order valence-corrected chi connectivity index (χ2v) is 8.27. The van der Waals surface area contributed by atoms with Crippen LogP contribution in [0, 0.1) is 0 Å². The molecule has 0 aliphatic rings. The maximum Gasteiger partial charge on any atom is 0.237 e. The average Bonchev–Trinajstić information content (AvgIpc) is 2.76. The third kappa shape index (κ3) is 6.50. The van der Waals surface area contributed by atoms with Gasteiger partial charge in [-0.25, -0.2) is 0 Å². The molecule has 1 atom stereocenters. The fourth-order valence-corrected chi connectivity index (χ4v) is 3.71. The number of thiocarbonyl (C=S) groups is 1. The van der Waals surface area contributed by atoms with Crippen LogP contribution < -0.4 is 20.7 Å². The van der Waals surface area contributed by atoms with Crippen LogP contribution >= 0.6 is 24.0 Å². The minimum absolute atomic E-state index is 0.0550. The molecule has 0 spiro atoms. The van der Waals surface area contributed by atoms with Gasteiger partial charge in [0.05, 0.1) is 12.4 Å². The van der Waals surface area contributed by atoms with Crippen LogP contribution in [0.1, 0.15) is 6.92 Å². The Hall–Kier alpha value is -3.03. The Balaban J connectivity index is 1.50. The van der Waals surface area contributed by atoms with Gasteiger partial charge in [-0.2, -0.15) is 0 Å². The van der Waals surface area contributed by atoms with Crippen molar-refractivity contribution in [1.82, 2.24) is 0 Å². The Bertz CT molecular complexity index is 978. The Morgan fingerprint density at radius 3 is 1.97 bits per heavy atom. The van der Waals surface area contributed by atoms with Gasteiger partial charge in [0.15, 0.2) is 5.11 Å². The van der Waals surface area contributed by atoms with Crippen LogP contribution in [-0.2, 0) is 4.79 Å². The third-order valence-corrected chi connectivity index (χ3v) is 5.50. The van der Waals surface area contributed by atoms with Crippen LogP contribution in [0.25, 0.3) is 0 Å². The smallest absolute Gasteiger partial charge is 0.237 e. The van der Waals surface area contributed by atoms with Gasteiger partial charge in [-0.1, -0.05) is 18.2 Å². The van der Waals surface area contributed by atoms with Crippen molar-refractivity contribution in [2.75, 3.05) is 23.1 Å². The van der Waals surface area contributed by atoms with Gasteiger partial charge in [0, 0.05) is 22.0 Å². The summed E-state index contributed by atoms with van der Waals surface area (Å²) in [6.45, 7) is 1.88. The van der Waals surface area contributed by atoms with Crippen molar-refractivity contribution in [2.24, 2.45) is 0 Å². The molecule has 0 bridgehead atoms. The largest absolute Gasteiger partial charge is 0.497 e. The molecule has 0 aromatic heterocycles. The lowest BCUT2D eigenvalue weighted by molar-refractivity contribution is -0.115. The SMILES string of the molecule is COc1ccc(NC(=O)C(C)Sc2ccc(NC(=S)Nc3ccccc3)cc2)cc1. The van der Waals surface area contributed by atoms with E-state index in [1.54, 1.807) is 7.11 Å². The zero-order valence-electron chi connectivity index (χ0n) is 16.7. The maximum absolute atomic E-state index is 12.5. The summed E-state index contributed by atoms with van der Waals surface area (Å²) in [5.41, 5.74) is 2.55. The molecule has 1 amide bonds. The minimum Gasteiger partial charge on any atom is -0.497 e. The highest BCUT2D eigenvalue weighted by atomic mass is 32.2. The number of para-hydroxylation sites is 1. The highest BCUT2D eigenvalue weighted by Gasteiger charge is 2.14. The number of methoxy groups -OCH3 is 1. The first-order valence-corrected chi connectivity index (χ1v) is 10.7. The van der Waals surface area contributed by atoms with Crippen LogP contribution in [0.5, 0.6) is 5.75 Å². The van der Waals surface area contributed by atoms with E-state index >= 15 is 0 Å². The monoisotopic (exact) mass is 437 g/mol. The number of ether oxygens (including phenoxy) is 1. The second kappa shape index (κ2) is 10.7. The highest BCUT2D eigenvalue weighted by Crippen LogP contribution is 2.26. The number of carbonyl (C=O) groups is 1. The number of rotatable bonds is 7. The zero-order valence-corrected chi connectivity index (χ0v) is 18.3. The van der Waals surface area contributed by atoms with Crippen molar-refractivity contribution in [3.8, 4) is 5.75 Å². The number of benzene rings is 3. The van der Waals surface area contributed by atoms with Crippen molar-refractivity contribution < 1.29 is 9.53 Å². The summed E-state index contributed by atoms with van der Waals surface area (Å²) in [6.07, 6.45) is 0. The standard InChI is InChI=1S/C23H23N3O2S2/c1-16(22(27)24-18-8-12-20(28-2)13-9-18)30-21-14-10-19(11-15-21)26-23(29)25-17-6-4-3-5-7-17/h3-16H,1-2H3,(H,24,27)(H2,25,26,29). The number of carbonyl (C=O) groups excluding carboxylic acids is 1. The maximum atomic E-state index is 12.5. The van der Waals surface area contributed by atoms with Gasteiger partial charge in [0.25, 0.3) is 0 Å². The number of amides is 1. The fraction of sp³-hybridized carbons (Fsp3) is 0.130. The number of anilines is 3. The second-order valence-electron chi connectivity index (χ2n) is 6.45. The molecule has 7 heteroatoms. The van der Waals surface area contributed by atoms with E-state index in [0.29, 0.717) is 5.11 Å². The lowest BCUT2D eigenvalue weighted by atomic mass is 10.3. The van der Waals surface area contributed by atoms with E-state index in [-0.39, 0.29) is 11.2 Å². The van der Waals surface area contributed by atoms with Gasteiger partial charge in [-0.3, -0.25) is 4.79 Å².